The Bertz CT molecular complexity index is 654. The van der Waals surface area contributed by atoms with E-state index in [1.165, 1.54) is 0 Å². The van der Waals surface area contributed by atoms with Gasteiger partial charge in [0.15, 0.2) is 8.32 Å². The van der Waals surface area contributed by atoms with Gasteiger partial charge in [0.2, 0.25) is 12.3 Å². The Morgan fingerprint density at radius 1 is 1.23 bits per heavy atom. The third-order valence-electron chi connectivity index (χ3n) is 5.52. The molecule has 0 aromatic rings. The standard InChI is InChI=1S/C22H39IN2O4Si/c1-16(9-10-17(2)20(27)18(3)11-12-23)13-24-21(28)19(25-15-26)14-29-30(7,8)22(4,5)6/h9-12,15,18-20,27H,13-14H2,1-8H3,(H,24,28)(H,25,26)/b12-11+,16-9+,17-10+/t18-,19-,20+/m0/s1. The first-order chi connectivity index (χ1) is 13.8. The summed E-state index contributed by atoms with van der Waals surface area (Å²) in [6.07, 6.45) is 5.67. The lowest BCUT2D eigenvalue weighted by molar-refractivity contribution is -0.126. The summed E-state index contributed by atoms with van der Waals surface area (Å²) in [4.78, 5) is 23.5. The van der Waals surface area contributed by atoms with Gasteiger partial charge in [0.25, 0.3) is 0 Å². The van der Waals surface area contributed by atoms with Gasteiger partial charge in [-0.1, -0.05) is 74.1 Å². The number of nitrogens with one attached hydrogen (secondary N) is 2. The van der Waals surface area contributed by atoms with Crippen LogP contribution in [0.25, 0.3) is 0 Å². The first kappa shape index (κ1) is 29.0. The van der Waals surface area contributed by atoms with Gasteiger partial charge in [0, 0.05) is 12.5 Å². The SMILES string of the molecule is C/C(=C\C=C(/C)[C@@H](O)[C@@H](C)/C=C/I)CNC(=O)[C@H](CO[Si](C)(C)C(C)(C)C)NC=O. The molecule has 0 bridgehead atoms. The zero-order valence-corrected chi connectivity index (χ0v) is 22.7. The van der Waals surface area contributed by atoms with Crippen LogP contribution in [0.4, 0.5) is 0 Å². The smallest absolute Gasteiger partial charge is 0.245 e. The van der Waals surface area contributed by atoms with E-state index in [1.807, 2.05) is 43.1 Å². The van der Waals surface area contributed by atoms with Crippen LogP contribution >= 0.6 is 22.6 Å². The Balaban J connectivity index is 4.90. The zero-order valence-electron chi connectivity index (χ0n) is 19.6. The van der Waals surface area contributed by atoms with Crippen LogP contribution in [0.1, 0.15) is 41.5 Å². The van der Waals surface area contributed by atoms with Crippen molar-refractivity contribution in [2.24, 2.45) is 5.92 Å². The maximum absolute atomic E-state index is 12.5. The number of carbonyl (C=O) groups excluding carboxylic acids is 2. The molecule has 3 atom stereocenters. The molecule has 0 aliphatic rings. The summed E-state index contributed by atoms with van der Waals surface area (Å²) < 4.78 is 7.98. The van der Waals surface area contributed by atoms with Gasteiger partial charge in [-0.25, -0.2) is 0 Å². The van der Waals surface area contributed by atoms with Crippen LogP contribution in [0.3, 0.4) is 0 Å². The molecular formula is C22H39IN2O4Si. The average molecular weight is 551 g/mol. The second-order valence-electron chi connectivity index (χ2n) is 9.17. The maximum Gasteiger partial charge on any atom is 0.245 e. The molecule has 0 aromatic carbocycles. The molecule has 0 aliphatic heterocycles. The predicted molar refractivity (Wildman–Crippen MR) is 135 cm³/mol. The van der Waals surface area contributed by atoms with E-state index in [9.17, 15) is 14.7 Å². The number of rotatable bonds is 12. The van der Waals surface area contributed by atoms with Crippen LogP contribution in [0.2, 0.25) is 18.1 Å². The molecule has 0 unspecified atom stereocenters. The van der Waals surface area contributed by atoms with Gasteiger partial charge < -0.3 is 20.2 Å². The number of amides is 2. The van der Waals surface area contributed by atoms with Gasteiger partial charge in [-0.3, -0.25) is 9.59 Å². The molecule has 0 aromatic heterocycles. The summed E-state index contributed by atoms with van der Waals surface area (Å²) in [5.74, 6) is -0.252. The summed E-state index contributed by atoms with van der Waals surface area (Å²) in [5, 5.41) is 15.7. The van der Waals surface area contributed by atoms with Gasteiger partial charge in [0.1, 0.15) is 6.04 Å². The summed E-state index contributed by atoms with van der Waals surface area (Å²) in [6, 6.07) is -0.732. The molecule has 30 heavy (non-hydrogen) atoms. The van der Waals surface area contributed by atoms with Crippen molar-refractivity contribution >= 4 is 43.2 Å². The number of hydrogen-bond donors (Lipinski definition) is 3. The zero-order chi connectivity index (χ0) is 23.5. The van der Waals surface area contributed by atoms with Crippen molar-refractivity contribution < 1.29 is 19.1 Å². The van der Waals surface area contributed by atoms with Crippen molar-refractivity contribution in [3.63, 3.8) is 0 Å². The van der Waals surface area contributed by atoms with E-state index in [-0.39, 0.29) is 23.5 Å². The molecule has 2 amide bonds. The van der Waals surface area contributed by atoms with E-state index in [0.717, 1.165) is 11.1 Å². The minimum atomic E-state index is -2.02. The highest BCUT2D eigenvalue weighted by molar-refractivity contribution is 14.1. The molecule has 0 spiro atoms. The molecule has 0 heterocycles. The number of allylic oxidation sites excluding steroid dienone is 2. The van der Waals surface area contributed by atoms with Crippen LogP contribution < -0.4 is 10.6 Å². The minimum absolute atomic E-state index is 0.0211. The highest BCUT2D eigenvalue weighted by Crippen LogP contribution is 2.36. The third-order valence-corrected chi connectivity index (χ3v) is 10.4. The molecule has 8 heteroatoms. The molecule has 0 saturated heterocycles. The quantitative estimate of drug-likeness (QED) is 0.148. The van der Waals surface area contributed by atoms with Gasteiger partial charge in [-0.2, -0.15) is 0 Å². The number of carbonyl (C=O) groups is 2. The summed E-state index contributed by atoms with van der Waals surface area (Å²) in [6.45, 7) is 16.8. The average Bonchev–Trinajstić information content (AvgIpc) is 2.65. The molecule has 0 rings (SSSR count). The van der Waals surface area contributed by atoms with Gasteiger partial charge in [0.05, 0.1) is 12.7 Å². The second kappa shape index (κ2) is 13.4. The summed E-state index contributed by atoms with van der Waals surface area (Å²) >= 11 is 2.14. The van der Waals surface area contributed by atoms with Crippen LogP contribution in [0, 0.1) is 5.92 Å². The predicted octanol–water partition coefficient (Wildman–Crippen LogP) is 4.08. The molecule has 0 radical (unpaired) electrons. The fourth-order valence-electron chi connectivity index (χ4n) is 2.21. The first-order valence-corrected chi connectivity index (χ1v) is 14.3. The molecule has 0 aliphatic carbocycles. The van der Waals surface area contributed by atoms with Crippen molar-refractivity contribution in [2.45, 2.75) is 71.8 Å². The summed E-state index contributed by atoms with van der Waals surface area (Å²) in [5.41, 5.74) is 1.79. The lowest BCUT2D eigenvalue weighted by atomic mass is 9.98. The normalized spacial score (nSPS) is 16.9. The van der Waals surface area contributed by atoms with Gasteiger partial charge in [-0.15, -0.1) is 0 Å². The fraction of sp³-hybridized carbons (Fsp3) is 0.636. The van der Waals surface area contributed by atoms with Crippen LogP contribution in [0.15, 0.2) is 33.5 Å². The number of halogens is 1. The largest absolute Gasteiger partial charge is 0.414 e. The van der Waals surface area contributed by atoms with Crippen molar-refractivity contribution in [1.82, 2.24) is 10.6 Å². The fourth-order valence-corrected chi connectivity index (χ4v) is 3.88. The van der Waals surface area contributed by atoms with E-state index in [2.05, 4.69) is 67.1 Å². The monoisotopic (exact) mass is 550 g/mol. The Kier molecular flexibility index (Phi) is 13.0. The lowest BCUT2D eigenvalue weighted by Crippen LogP contribution is -2.50. The van der Waals surface area contributed by atoms with Crippen molar-refractivity contribution in [3.8, 4) is 0 Å². The molecule has 172 valence electrons. The molecule has 6 nitrogen and oxygen atoms in total. The van der Waals surface area contributed by atoms with E-state index in [1.54, 1.807) is 0 Å². The molecule has 3 N–H and O–H groups in total. The highest BCUT2D eigenvalue weighted by Gasteiger charge is 2.38. The van der Waals surface area contributed by atoms with E-state index in [4.69, 9.17) is 4.43 Å². The number of aliphatic hydroxyl groups excluding tert-OH is 1. The molecule has 0 fully saturated rings. The first-order valence-electron chi connectivity index (χ1n) is 10.2. The Morgan fingerprint density at radius 3 is 2.33 bits per heavy atom. The number of aliphatic hydroxyl groups is 1. The van der Waals surface area contributed by atoms with Crippen molar-refractivity contribution in [2.75, 3.05) is 13.2 Å². The maximum atomic E-state index is 12.5. The van der Waals surface area contributed by atoms with Crippen LogP contribution in [0.5, 0.6) is 0 Å². The van der Waals surface area contributed by atoms with Crippen LogP contribution in [-0.4, -0.2) is 51.0 Å². The van der Waals surface area contributed by atoms with E-state index >= 15 is 0 Å². The Labute approximate surface area is 196 Å². The lowest BCUT2D eigenvalue weighted by Gasteiger charge is -2.37. The van der Waals surface area contributed by atoms with Gasteiger partial charge >= 0.3 is 0 Å². The van der Waals surface area contributed by atoms with Crippen LogP contribution in [-0.2, 0) is 14.0 Å². The third kappa shape index (κ3) is 10.4. The number of hydrogen-bond acceptors (Lipinski definition) is 4. The van der Waals surface area contributed by atoms with Crippen molar-refractivity contribution in [3.05, 3.63) is 33.5 Å². The van der Waals surface area contributed by atoms with Gasteiger partial charge in [-0.05, 0) is 41.6 Å². The molecular weight excluding hydrogens is 511 g/mol. The van der Waals surface area contributed by atoms with Crippen molar-refractivity contribution in [1.29, 1.82) is 0 Å². The topological polar surface area (TPSA) is 87.7 Å². The molecule has 0 saturated carbocycles. The minimum Gasteiger partial charge on any atom is -0.414 e. The highest BCUT2D eigenvalue weighted by atomic mass is 127. The van der Waals surface area contributed by atoms with E-state index in [0.29, 0.717) is 13.0 Å². The second-order valence-corrected chi connectivity index (χ2v) is 14.7. The summed E-state index contributed by atoms with van der Waals surface area (Å²) in [7, 11) is -2.02. The van der Waals surface area contributed by atoms with E-state index < -0.39 is 20.5 Å². The Morgan fingerprint density at radius 2 is 1.83 bits per heavy atom. The Hall–Kier alpha value is -0.973.